The number of hydrogen-bond donors (Lipinski definition) is 1. The van der Waals surface area contributed by atoms with E-state index in [1.54, 1.807) is 35.6 Å². The third kappa shape index (κ3) is 5.67. The minimum Gasteiger partial charge on any atom is -0.326 e. The molecule has 1 aliphatic heterocycles. The second kappa shape index (κ2) is 9.71. The highest BCUT2D eigenvalue weighted by Crippen LogP contribution is 2.25. The van der Waals surface area contributed by atoms with Gasteiger partial charge in [-0.25, -0.2) is 4.98 Å². The summed E-state index contributed by atoms with van der Waals surface area (Å²) in [5.74, 6) is -0.0864. The monoisotopic (exact) mass is 440 g/mol. The minimum atomic E-state index is -0.0864. The molecule has 4 rings (SSSR count). The van der Waals surface area contributed by atoms with Crippen LogP contribution in [0, 0.1) is 0 Å². The number of nitrogens with zero attached hydrogens (tertiary/aromatic N) is 3. The first-order chi connectivity index (χ1) is 14.5. The van der Waals surface area contributed by atoms with Gasteiger partial charge in [0.2, 0.25) is 5.91 Å². The molecule has 0 spiro atoms. The zero-order chi connectivity index (χ0) is 20.9. The molecule has 30 heavy (non-hydrogen) atoms. The molecule has 0 atom stereocenters. The van der Waals surface area contributed by atoms with E-state index < -0.39 is 0 Å². The van der Waals surface area contributed by atoms with Crippen molar-refractivity contribution in [3.63, 3.8) is 0 Å². The quantitative estimate of drug-likeness (QED) is 0.617. The van der Waals surface area contributed by atoms with E-state index in [0.717, 1.165) is 54.7 Å². The Balaban J connectivity index is 1.33. The lowest BCUT2D eigenvalue weighted by Crippen LogP contribution is -2.43. The highest BCUT2D eigenvalue weighted by atomic mass is 35.5. The molecule has 2 aromatic carbocycles. The molecular weight excluding hydrogens is 416 g/mol. The number of benzene rings is 2. The van der Waals surface area contributed by atoms with Crippen LogP contribution in [-0.4, -0.2) is 53.9 Å². The average molecular weight is 441 g/mol. The standard InChI is InChI=1S/C23H25ClN4OS/c1-27-10-12-28(13-11-27)15-17-2-4-18(5-3-17)23-26-21(16-30-23)14-22(29)25-20-8-6-19(24)7-9-20/h2-9,16H,10-15H2,1H3,(H,25,29). The van der Waals surface area contributed by atoms with Gasteiger partial charge in [0.1, 0.15) is 5.01 Å². The maximum Gasteiger partial charge on any atom is 0.230 e. The van der Waals surface area contributed by atoms with Gasteiger partial charge in [-0.3, -0.25) is 9.69 Å². The number of carbonyl (C=O) groups excluding carboxylic acids is 1. The van der Waals surface area contributed by atoms with E-state index in [1.807, 2.05) is 5.38 Å². The first-order valence-corrected chi connectivity index (χ1v) is 11.3. The van der Waals surface area contributed by atoms with Crippen LogP contribution < -0.4 is 5.32 Å². The van der Waals surface area contributed by atoms with Crippen LogP contribution >= 0.6 is 22.9 Å². The summed E-state index contributed by atoms with van der Waals surface area (Å²) in [5, 5.41) is 6.41. The normalized spacial score (nSPS) is 15.3. The number of carbonyl (C=O) groups is 1. The Kier molecular flexibility index (Phi) is 6.79. The zero-order valence-electron chi connectivity index (χ0n) is 17.0. The number of rotatable bonds is 6. The van der Waals surface area contributed by atoms with Crippen LogP contribution in [0.2, 0.25) is 5.02 Å². The molecule has 1 aromatic heterocycles. The molecule has 0 radical (unpaired) electrons. The summed E-state index contributed by atoms with van der Waals surface area (Å²) in [6, 6.07) is 15.7. The van der Waals surface area contributed by atoms with Crippen LogP contribution in [0.3, 0.4) is 0 Å². The number of hydrogen-bond acceptors (Lipinski definition) is 5. The second-order valence-electron chi connectivity index (χ2n) is 7.65. The molecule has 1 N–H and O–H groups in total. The fourth-order valence-electron chi connectivity index (χ4n) is 3.44. The third-order valence-electron chi connectivity index (χ3n) is 5.22. The summed E-state index contributed by atoms with van der Waals surface area (Å²) in [5.41, 5.74) is 3.92. The molecule has 5 nitrogen and oxygen atoms in total. The number of piperazine rings is 1. The number of anilines is 1. The molecule has 1 fully saturated rings. The predicted molar refractivity (Wildman–Crippen MR) is 124 cm³/mol. The van der Waals surface area contributed by atoms with Crippen molar-refractivity contribution < 1.29 is 4.79 Å². The van der Waals surface area contributed by atoms with Gasteiger partial charge in [0.05, 0.1) is 12.1 Å². The molecule has 1 saturated heterocycles. The van der Waals surface area contributed by atoms with Gasteiger partial charge in [0.15, 0.2) is 0 Å². The Hall–Kier alpha value is -2.25. The molecule has 7 heteroatoms. The van der Waals surface area contributed by atoms with Crippen molar-refractivity contribution >= 4 is 34.5 Å². The average Bonchev–Trinajstić information content (AvgIpc) is 3.20. The number of halogens is 1. The molecule has 0 aliphatic carbocycles. The number of nitrogens with one attached hydrogen (secondary N) is 1. The molecule has 0 unspecified atom stereocenters. The molecule has 3 aromatic rings. The van der Waals surface area contributed by atoms with E-state index in [9.17, 15) is 4.79 Å². The molecular formula is C23H25ClN4OS. The molecule has 0 bridgehead atoms. The summed E-state index contributed by atoms with van der Waals surface area (Å²) in [6.07, 6.45) is 0.251. The van der Waals surface area contributed by atoms with Gasteiger partial charge in [-0.2, -0.15) is 0 Å². The summed E-state index contributed by atoms with van der Waals surface area (Å²) >= 11 is 7.45. The van der Waals surface area contributed by atoms with Gasteiger partial charge >= 0.3 is 0 Å². The summed E-state index contributed by atoms with van der Waals surface area (Å²) in [7, 11) is 2.18. The summed E-state index contributed by atoms with van der Waals surface area (Å²) in [4.78, 5) is 21.8. The van der Waals surface area contributed by atoms with Crippen molar-refractivity contribution in [3.05, 3.63) is 70.2 Å². The summed E-state index contributed by atoms with van der Waals surface area (Å²) in [6.45, 7) is 5.48. The van der Waals surface area contributed by atoms with Crippen LogP contribution in [0.5, 0.6) is 0 Å². The van der Waals surface area contributed by atoms with E-state index >= 15 is 0 Å². The van der Waals surface area contributed by atoms with E-state index in [2.05, 4.69) is 51.4 Å². The van der Waals surface area contributed by atoms with Gasteiger partial charge in [-0.1, -0.05) is 35.9 Å². The lowest BCUT2D eigenvalue weighted by Gasteiger charge is -2.32. The Morgan fingerprint density at radius 3 is 2.47 bits per heavy atom. The van der Waals surface area contributed by atoms with E-state index in [-0.39, 0.29) is 12.3 Å². The van der Waals surface area contributed by atoms with Gasteiger partial charge in [-0.05, 0) is 36.9 Å². The third-order valence-corrected chi connectivity index (χ3v) is 6.42. The van der Waals surface area contributed by atoms with Crippen molar-refractivity contribution in [2.24, 2.45) is 0 Å². The van der Waals surface area contributed by atoms with Crippen molar-refractivity contribution in [1.82, 2.24) is 14.8 Å². The highest BCUT2D eigenvalue weighted by molar-refractivity contribution is 7.13. The first kappa shape index (κ1) is 21.0. The zero-order valence-corrected chi connectivity index (χ0v) is 18.5. The Bertz CT molecular complexity index is 979. The van der Waals surface area contributed by atoms with Crippen LogP contribution in [0.4, 0.5) is 5.69 Å². The lowest BCUT2D eigenvalue weighted by atomic mass is 10.1. The molecule has 156 valence electrons. The van der Waals surface area contributed by atoms with Crippen LogP contribution in [0.1, 0.15) is 11.3 Å². The SMILES string of the molecule is CN1CCN(Cc2ccc(-c3nc(CC(=O)Nc4ccc(Cl)cc4)cs3)cc2)CC1. The fraction of sp³-hybridized carbons (Fsp3) is 0.304. The fourth-order valence-corrected chi connectivity index (χ4v) is 4.39. The van der Waals surface area contributed by atoms with Crippen LogP contribution in [0.15, 0.2) is 53.9 Å². The van der Waals surface area contributed by atoms with Crippen LogP contribution in [0.25, 0.3) is 10.6 Å². The van der Waals surface area contributed by atoms with Gasteiger partial charge in [0.25, 0.3) is 0 Å². The maximum absolute atomic E-state index is 12.3. The Morgan fingerprint density at radius 2 is 1.77 bits per heavy atom. The van der Waals surface area contributed by atoms with Gasteiger partial charge in [0, 0.05) is 54.4 Å². The minimum absolute atomic E-state index is 0.0864. The largest absolute Gasteiger partial charge is 0.326 e. The highest BCUT2D eigenvalue weighted by Gasteiger charge is 2.14. The Labute approximate surface area is 186 Å². The van der Waals surface area contributed by atoms with Crippen LogP contribution in [-0.2, 0) is 17.8 Å². The Morgan fingerprint density at radius 1 is 1.07 bits per heavy atom. The number of aromatic nitrogens is 1. The van der Waals surface area contributed by atoms with Crippen molar-refractivity contribution in [2.45, 2.75) is 13.0 Å². The first-order valence-electron chi connectivity index (χ1n) is 10.1. The predicted octanol–water partition coefficient (Wildman–Crippen LogP) is 4.39. The van der Waals surface area contributed by atoms with Crippen molar-refractivity contribution in [2.75, 3.05) is 38.5 Å². The number of amides is 1. The van der Waals surface area contributed by atoms with Crippen molar-refractivity contribution in [1.29, 1.82) is 0 Å². The molecule has 2 heterocycles. The van der Waals surface area contributed by atoms with Gasteiger partial charge in [-0.15, -0.1) is 11.3 Å². The molecule has 1 amide bonds. The second-order valence-corrected chi connectivity index (χ2v) is 8.95. The molecule has 1 aliphatic rings. The van der Waals surface area contributed by atoms with Crippen molar-refractivity contribution in [3.8, 4) is 10.6 Å². The number of likely N-dealkylation sites (N-methyl/N-ethyl adjacent to an activating group) is 1. The van der Waals surface area contributed by atoms with E-state index in [0.29, 0.717) is 5.02 Å². The summed E-state index contributed by atoms with van der Waals surface area (Å²) < 4.78 is 0. The van der Waals surface area contributed by atoms with E-state index in [1.165, 1.54) is 5.56 Å². The number of thiazole rings is 1. The van der Waals surface area contributed by atoms with Gasteiger partial charge < -0.3 is 10.2 Å². The maximum atomic E-state index is 12.3. The van der Waals surface area contributed by atoms with E-state index in [4.69, 9.17) is 11.6 Å². The topological polar surface area (TPSA) is 48.5 Å². The lowest BCUT2D eigenvalue weighted by molar-refractivity contribution is -0.115. The molecule has 0 saturated carbocycles. The smallest absolute Gasteiger partial charge is 0.230 e.